The van der Waals surface area contributed by atoms with Gasteiger partial charge in [-0.15, -0.1) is 10.2 Å². The predicted octanol–water partition coefficient (Wildman–Crippen LogP) is 7.09. The zero-order chi connectivity index (χ0) is 27.2. The molecule has 11 heteroatoms. The number of halogens is 1. The molecule has 0 atom stereocenters. The molecule has 0 fully saturated rings. The van der Waals surface area contributed by atoms with Gasteiger partial charge >= 0.3 is 12.0 Å². The van der Waals surface area contributed by atoms with Crippen LogP contribution in [0, 0.1) is 0 Å². The number of carbonyl (C=O) groups excluding carboxylic acids is 2. The molecule has 0 saturated carbocycles. The molecule has 0 radical (unpaired) electrons. The van der Waals surface area contributed by atoms with E-state index < -0.39 is 12.0 Å². The number of amides is 2. The van der Waals surface area contributed by atoms with E-state index in [0.29, 0.717) is 37.9 Å². The molecule has 9 nitrogen and oxygen atoms in total. The van der Waals surface area contributed by atoms with Gasteiger partial charge in [-0.25, -0.2) is 14.6 Å². The van der Waals surface area contributed by atoms with Crippen molar-refractivity contribution in [1.82, 2.24) is 15.2 Å². The van der Waals surface area contributed by atoms with E-state index in [2.05, 4.69) is 31.1 Å². The summed E-state index contributed by atoms with van der Waals surface area (Å²) >= 11 is 7.29. The molecule has 2 heterocycles. The van der Waals surface area contributed by atoms with Gasteiger partial charge < -0.3 is 15.4 Å². The maximum absolute atomic E-state index is 12.7. The first-order valence-electron chi connectivity index (χ1n) is 11.7. The van der Waals surface area contributed by atoms with Crippen molar-refractivity contribution in [2.45, 2.75) is 0 Å². The van der Waals surface area contributed by atoms with Gasteiger partial charge in [0.25, 0.3) is 0 Å². The van der Waals surface area contributed by atoms with E-state index in [-0.39, 0.29) is 5.69 Å². The monoisotopic (exact) mass is 556 g/mol. The fourth-order valence-corrected chi connectivity index (χ4v) is 4.75. The van der Waals surface area contributed by atoms with E-state index in [9.17, 15) is 9.59 Å². The number of anilines is 4. The minimum atomic E-state index is -0.561. The van der Waals surface area contributed by atoms with Crippen LogP contribution in [-0.2, 0) is 4.74 Å². The van der Waals surface area contributed by atoms with Gasteiger partial charge in [0.2, 0.25) is 0 Å². The van der Waals surface area contributed by atoms with Crippen molar-refractivity contribution in [2.75, 3.05) is 23.1 Å². The smallest absolute Gasteiger partial charge is 0.358 e. The molecule has 39 heavy (non-hydrogen) atoms. The first kappa shape index (κ1) is 25.8. The summed E-state index contributed by atoms with van der Waals surface area (Å²) in [4.78, 5) is 30.2. The molecule has 0 saturated heterocycles. The molecule has 194 valence electrons. The van der Waals surface area contributed by atoms with Gasteiger partial charge in [-0.05, 0) is 42.0 Å². The fraction of sp³-hybridized carbons (Fsp3) is 0.0357. The van der Waals surface area contributed by atoms with Crippen LogP contribution in [0.1, 0.15) is 10.5 Å². The van der Waals surface area contributed by atoms with Gasteiger partial charge in [-0.1, -0.05) is 77.5 Å². The molecule has 2 amide bonds. The number of methoxy groups -OCH3 is 1. The molecule has 3 aromatic carbocycles. The SMILES string of the molecule is COC(=O)c1nc(Nc2ccccc2NC(=O)Nc2ccc(-c3ccccc3)nn2)sc1-c1ccc(Cl)cc1. The number of rotatable bonds is 7. The number of ether oxygens (including phenoxy) is 1. The Morgan fingerprint density at radius 2 is 1.51 bits per heavy atom. The van der Waals surface area contributed by atoms with E-state index in [1.165, 1.54) is 18.4 Å². The van der Waals surface area contributed by atoms with Crippen molar-refractivity contribution in [2.24, 2.45) is 0 Å². The van der Waals surface area contributed by atoms with E-state index >= 15 is 0 Å². The highest BCUT2D eigenvalue weighted by Gasteiger charge is 2.21. The molecular weight excluding hydrogens is 536 g/mol. The van der Waals surface area contributed by atoms with Crippen LogP contribution in [0.3, 0.4) is 0 Å². The average Bonchev–Trinajstić information content (AvgIpc) is 3.38. The number of urea groups is 1. The lowest BCUT2D eigenvalue weighted by Gasteiger charge is -2.12. The van der Waals surface area contributed by atoms with Crippen molar-refractivity contribution >= 4 is 57.3 Å². The van der Waals surface area contributed by atoms with Crippen LogP contribution in [0.4, 0.5) is 27.1 Å². The molecule has 0 unspecified atom stereocenters. The summed E-state index contributed by atoms with van der Waals surface area (Å²) in [5.74, 6) is -0.262. The van der Waals surface area contributed by atoms with Crippen LogP contribution in [-0.4, -0.2) is 34.3 Å². The van der Waals surface area contributed by atoms with E-state index in [4.69, 9.17) is 16.3 Å². The summed E-state index contributed by atoms with van der Waals surface area (Å²) in [6.45, 7) is 0. The van der Waals surface area contributed by atoms with Crippen LogP contribution < -0.4 is 16.0 Å². The number of benzene rings is 3. The summed E-state index contributed by atoms with van der Waals surface area (Å²) in [5.41, 5.74) is 3.64. The van der Waals surface area contributed by atoms with E-state index in [1.807, 2.05) is 36.4 Å². The van der Waals surface area contributed by atoms with Gasteiger partial charge in [0.1, 0.15) is 0 Å². The third-order valence-corrected chi connectivity index (χ3v) is 6.78. The topological polar surface area (TPSA) is 118 Å². The summed E-state index contributed by atoms with van der Waals surface area (Å²) in [6.07, 6.45) is 0. The largest absolute Gasteiger partial charge is 0.464 e. The summed E-state index contributed by atoms with van der Waals surface area (Å²) in [7, 11) is 1.30. The molecule has 5 aromatic rings. The number of hydrogen-bond acceptors (Lipinski definition) is 8. The molecule has 2 aromatic heterocycles. The number of nitrogens with zero attached hydrogens (tertiary/aromatic N) is 3. The minimum Gasteiger partial charge on any atom is -0.464 e. The standard InChI is InChI=1S/C28H21ClN6O3S/c1-38-26(36)24-25(18-11-13-19(29)14-12-18)39-28(33-24)31-22-10-6-5-9-21(22)30-27(37)32-23-16-15-20(34-35-23)17-7-3-2-4-8-17/h2-16H,1H3,(H,31,33)(H2,30,32,35,37). The van der Waals surface area contributed by atoms with Gasteiger partial charge in [0.15, 0.2) is 16.6 Å². The molecule has 0 aliphatic carbocycles. The lowest BCUT2D eigenvalue weighted by atomic mass is 10.1. The Labute approximate surface area is 232 Å². The second kappa shape index (κ2) is 11.7. The summed E-state index contributed by atoms with van der Waals surface area (Å²) < 4.78 is 4.93. The predicted molar refractivity (Wildman–Crippen MR) is 154 cm³/mol. The second-order valence-corrected chi connectivity index (χ2v) is 9.55. The summed E-state index contributed by atoms with van der Waals surface area (Å²) in [6, 6.07) is 26.8. The third-order valence-electron chi connectivity index (χ3n) is 5.50. The van der Waals surface area contributed by atoms with Crippen molar-refractivity contribution in [3.63, 3.8) is 0 Å². The zero-order valence-corrected chi connectivity index (χ0v) is 22.1. The van der Waals surface area contributed by atoms with Crippen LogP contribution in [0.15, 0.2) is 91.0 Å². The molecular formula is C28H21ClN6O3S. The number of para-hydroxylation sites is 2. The molecule has 3 N–H and O–H groups in total. The molecule has 5 rings (SSSR count). The van der Waals surface area contributed by atoms with Gasteiger partial charge in [0.05, 0.1) is 29.1 Å². The molecule has 0 bridgehead atoms. The van der Waals surface area contributed by atoms with Gasteiger partial charge in [-0.3, -0.25) is 5.32 Å². The number of nitrogens with one attached hydrogen (secondary N) is 3. The van der Waals surface area contributed by atoms with Crippen molar-refractivity contribution in [3.05, 3.63) is 102 Å². The average molecular weight is 557 g/mol. The number of aromatic nitrogens is 3. The number of thiazole rings is 1. The highest BCUT2D eigenvalue weighted by Crippen LogP contribution is 2.36. The number of carbonyl (C=O) groups is 2. The molecule has 0 spiro atoms. The first-order chi connectivity index (χ1) is 19.0. The Morgan fingerprint density at radius 1 is 0.795 bits per heavy atom. The van der Waals surface area contributed by atoms with Crippen LogP contribution in [0.5, 0.6) is 0 Å². The highest BCUT2D eigenvalue weighted by atomic mass is 35.5. The van der Waals surface area contributed by atoms with E-state index in [1.54, 1.807) is 54.6 Å². The number of esters is 1. The van der Waals surface area contributed by atoms with Gasteiger partial charge in [-0.2, -0.15) is 0 Å². The van der Waals surface area contributed by atoms with Crippen LogP contribution in [0.25, 0.3) is 21.7 Å². The second-order valence-electron chi connectivity index (χ2n) is 8.11. The number of hydrogen-bond donors (Lipinski definition) is 3. The summed E-state index contributed by atoms with van der Waals surface area (Å²) in [5, 5.41) is 18.0. The highest BCUT2D eigenvalue weighted by molar-refractivity contribution is 7.19. The Morgan fingerprint density at radius 3 is 2.21 bits per heavy atom. The molecule has 0 aliphatic rings. The van der Waals surface area contributed by atoms with Crippen LogP contribution >= 0.6 is 22.9 Å². The Bertz CT molecular complexity index is 1610. The third kappa shape index (κ3) is 6.20. The van der Waals surface area contributed by atoms with Gasteiger partial charge in [0, 0.05) is 10.6 Å². The van der Waals surface area contributed by atoms with E-state index in [0.717, 1.165) is 11.1 Å². The normalized spacial score (nSPS) is 10.5. The Balaban J connectivity index is 1.32. The molecule has 0 aliphatic heterocycles. The lowest BCUT2D eigenvalue weighted by Crippen LogP contribution is -2.21. The van der Waals surface area contributed by atoms with Crippen LogP contribution in [0.2, 0.25) is 5.02 Å². The maximum Gasteiger partial charge on any atom is 0.358 e. The van der Waals surface area contributed by atoms with Crippen molar-refractivity contribution in [3.8, 4) is 21.7 Å². The minimum absolute atomic E-state index is 0.174. The zero-order valence-electron chi connectivity index (χ0n) is 20.5. The lowest BCUT2D eigenvalue weighted by molar-refractivity contribution is 0.0596. The van der Waals surface area contributed by atoms with Crippen molar-refractivity contribution in [1.29, 1.82) is 0 Å². The quantitative estimate of drug-likeness (QED) is 0.183. The fourth-order valence-electron chi connectivity index (χ4n) is 3.65. The maximum atomic E-state index is 12.7. The first-order valence-corrected chi connectivity index (χ1v) is 12.9. The Hall–Kier alpha value is -4.80. The van der Waals surface area contributed by atoms with Crippen molar-refractivity contribution < 1.29 is 14.3 Å². The Kier molecular flexibility index (Phi) is 7.76.